The molecule has 122 valence electrons. The van der Waals surface area contributed by atoms with E-state index in [4.69, 9.17) is 14.2 Å². The van der Waals surface area contributed by atoms with Gasteiger partial charge in [-0.1, -0.05) is 13.8 Å². The van der Waals surface area contributed by atoms with Crippen LogP contribution in [0.1, 0.15) is 19.4 Å². The Kier molecular flexibility index (Phi) is 3.46. The van der Waals surface area contributed by atoms with Crippen LogP contribution < -0.4 is 0 Å². The van der Waals surface area contributed by atoms with E-state index < -0.39 is 46.0 Å². The van der Waals surface area contributed by atoms with Gasteiger partial charge in [0, 0.05) is 5.41 Å². The molecule has 0 amide bonds. The van der Waals surface area contributed by atoms with E-state index in [1.165, 1.54) is 0 Å². The lowest BCUT2D eigenvalue weighted by Gasteiger charge is -2.53. The van der Waals surface area contributed by atoms with Crippen LogP contribution in [-0.4, -0.2) is 19.8 Å². The van der Waals surface area contributed by atoms with E-state index in [9.17, 15) is 22.0 Å². The van der Waals surface area contributed by atoms with Crippen LogP contribution in [-0.2, 0) is 20.2 Å². The number of fused-ring (bicyclic) bond motifs is 3. The van der Waals surface area contributed by atoms with Crippen molar-refractivity contribution in [2.75, 3.05) is 19.8 Å². The predicted molar refractivity (Wildman–Crippen MR) is 63.0 cm³/mol. The Morgan fingerprint density at radius 2 is 1.09 bits per heavy atom. The van der Waals surface area contributed by atoms with Gasteiger partial charge in [0.2, 0.25) is 5.82 Å². The molecule has 0 radical (unpaired) electrons. The zero-order valence-electron chi connectivity index (χ0n) is 11.8. The zero-order chi connectivity index (χ0) is 16.3. The van der Waals surface area contributed by atoms with E-state index in [0.717, 1.165) is 0 Å². The molecule has 1 aromatic rings. The first-order valence-corrected chi connectivity index (χ1v) is 6.68. The van der Waals surface area contributed by atoms with Gasteiger partial charge >= 0.3 is 5.97 Å². The van der Waals surface area contributed by atoms with Crippen molar-refractivity contribution < 1.29 is 36.2 Å². The number of hydrogen-bond donors (Lipinski definition) is 0. The average molecular weight is 324 g/mol. The highest BCUT2D eigenvalue weighted by Crippen LogP contribution is 2.49. The average Bonchev–Trinajstić information content (AvgIpc) is 2.52. The molecule has 0 unspecified atom stereocenters. The summed E-state index contributed by atoms with van der Waals surface area (Å²) in [5.74, 6) is -12.7. The van der Waals surface area contributed by atoms with Crippen LogP contribution in [0.25, 0.3) is 0 Å². The molecule has 8 heteroatoms. The van der Waals surface area contributed by atoms with Crippen LogP contribution in [0.4, 0.5) is 22.0 Å². The number of ether oxygens (including phenoxy) is 3. The summed E-state index contributed by atoms with van der Waals surface area (Å²) in [7, 11) is 0. The second-order valence-corrected chi connectivity index (χ2v) is 5.88. The summed E-state index contributed by atoms with van der Waals surface area (Å²) >= 11 is 0. The van der Waals surface area contributed by atoms with Gasteiger partial charge in [-0.25, -0.2) is 22.0 Å². The first-order chi connectivity index (χ1) is 10.2. The van der Waals surface area contributed by atoms with Crippen molar-refractivity contribution in [3.63, 3.8) is 0 Å². The summed E-state index contributed by atoms with van der Waals surface area (Å²) in [5, 5.41) is 0. The van der Waals surface area contributed by atoms with E-state index in [-0.39, 0.29) is 25.7 Å². The van der Waals surface area contributed by atoms with Crippen molar-refractivity contribution in [2.45, 2.75) is 19.8 Å². The molecule has 3 fully saturated rings. The summed E-state index contributed by atoms with van der Waals surface area (Å²) in [5.41, 5.74) is -1.76. The first-order valence-electron chi connectivity index (χ1n) is 6.68. The number of halogens is 5. The first kappa shape index (κ1) is 15.6. The quantitative estimate of drug-likeness (QED) is 0.475. The lowest BCUT2D eigenvalue weighted by Crippen LogP contribution is -2.60. The third-order valence-corrected chi connectivity index (χ3v) is 4.39. The fourth-order valence-electron chi connectivity index (χ4n) is 2.56. The molecule has 3 nitrogen and oxygen atoms in total. The standard InChI is InChI=1S/C14H13F5O3/c1-6(2)13-3-20-14(21-4-13,22-5-13)7-8(15)10(17)12(19)11(18)9(7)16/h6H,3-5H2,1-2H3. The maximum atomic E-state index is 13.9. The summed E-state index contributed by atoms with van der Waals surface area (Å²) in [6.07, 6.45) is 0. The van der Waals surface area contributed by atoms with Gasteiger partial charge in [0.25, 0.3) is 0 Å². The van der Waals surface area contributed by atoms with Gasteiger partial charge in [-0.05, 0) is 5.92 Å². The third-order valence-electron chi connectivity index (χ3n) is 4.39. The van der Waals surface area contributed by atoms with E-state index >= 15 is 0 Å². The second kappa shape index (κ2) is 4.87. The number of benzene rings is 1. The number of rotatable bonds is 2. The Morgan fingerprint density at radius 1 is 0.727 bits per heavy atom. The third kappa shape index (κ3) is 1.90. The van der Waals surface area contributed by atoms with Gasteiger partial charge in [-0.3, -0.25) is 0 Å². The van der Waals surface area contributed by atoms with Crippen molar-refractivity contribution in [3.05, 3.63) is 34.6 Å². The van der Waals surface area contributed by atoms with E-state index in [1.54, 1.807) is 0 Å². The smallest absolute Gasteiger partial charge is 0.318 e. The molecular weight excluding hydrogens is 311 g/mol. The molecule has 3 aliphatic rings. The Balaban J connectivity index is 2.08. The minimum Gasteiger partial charge on any atom is -0.323 e. The zero-order valence-corrected chi connectivity index (χ0v) is 11.8. The van der Waals surface area contributed by atoms with E-state index in [2.05, 4.69) is 0 Å². The molecule has 2 bridgehead atoms. The van der Waals surface area contributed by atoms with Gasteiger partial charge in [0.05, 0.1) is 19.8 Å². The van der Waals surface area contributed by atoms with Crippen molar-refractivity contribution >= 4 is 0 Å². The lowest BCUT2D eigenvalue weighted by atomic mass is 9.77. The minimum absolute atomic E-state index is 0.0319. The molecule has 0 aliphatic carbocycles. The Bertz CT molecular complexity index is 578. The van der Waals surface area contributed by atoms with Gasteiger partial charge in [-0.15, -0.1) is 0 Å². The minimum atomic E-state index is -2.40. The molecule has 0 saturated carbocycles. The van der Waals surface area contributed by atoms with Gasteiger partial charge < -0.3 is 14.2 Å². The summed E-state index contributed by atoms with van der Waals surface area (Å²) in [6, 6.07) is 0. The SMILES string of the molecule is CC(C)C12COC(c3c(F)c(F)c(F)c(F)c3F)(OC1)OC2. The van der Waals surface area contributed by atoms with Crippen LogP contribution in [0.2, 0.25) is 0 Å². The maximum Gasteiger partial charge on any atom is 0.318 e. The highest BCUT2D eigenvalue weighted by Gasteiger charge is 2.57. The summed E-state index contributed by atoms with van der Waals surface area (Å²) in [4.78, 5) is 0. The van der Waals surface area contributed by atoms with Gasteiger partial charge in [0.1, 0.15) is 5.56 Å². The molecule has 3 saturated heterocycles. The molecule has 22 heavy (non-hydrogen) atoms. The summed E-state index contributed by atoms with van der Waals surface area (Å²) < 4.78 is 83.4. The van der Waals surface area contributed by atoms with Crippen molar-refractivity contribution in [3.8, 4) is 0 Å². The molecule has 0 atom stereocenters. The van der Waals surface area contributed by atoms with Crippen molar-refractivity contribution in [2.24, 2.45) is 11.3 Å². The van der Waals surface area contributed by atoms with E-state index in [0.29, 0.717) is 0 Å². The van der Waals surface area contributed by atoms with Crippen LogP contribution in [0.3, 0.4) is 0 Å². The van der Waals surface area contributed by atoms with Gasteiger partial charge in [0.15, 0.2) is 23.3 Å². The van der Waals surface area contributed by atoms with Crippen LogP contribution in [0.5, 0.6) is 0 Å². The topological polar surface area (TPSA) is 27.7 Å². The maximum absolute atomic E-state index is 13.9. The normalized spacial score (nSPS) is 31.1. The van der Waals surface area contributed by atoms with Crippen LogP contribution in [0, 0.1) is 40.4 Å². The monoisotopic (exact) mass is 324 g/mol. The van der Waals surface area contributed by atoms with Crippen molar-refractivity contribution in [1.29, 1.82) is 0 Å². The van der Waals surface area contributed by atoms with Crippen LogP contribution >= 0.6 is 0 Å². The fourth-order valence-corrected chi connectivity index (χ4v) is 2.56. The van der Waals surface area contributed by atoms with Crippen molar-refractivity contribution in [1.82, 2.24) is 0 Å². The fraction of sp³-hybridized carbons (Fsp3) is 0.571. The Hall–Kier alpha value is -1.25. The summed E-state index contributed by atoms with van der Waals surface area (Å²) in [6.45, 7) is 3.89. The molecule has 3 aliphatic heterocycles. The molecular formula is C14H13F5O3. The largest absolute Gasteiger partial charge is 0.323 e. The predicted octanol–water partition coefficient (Wildman–Crippen LogP) is 3.21. The molecule has 1 aromatic carbocycles. The van der Waals surface area contributed by atoms with Crippen LogP contribution in [0.15, 0.2) is 0 Å². The second-order valence-electron chi connectivity index (χ2n) is 5.88. The molecule has 0 spiro atoms. The molecule has 3 heterocycles. The highest BCUT2D eigenvalue weighted by atomic mass is 19.2. The molecule has 4 rings (SSSR count). The number of hydrogen-bond acceptors (Lipinski definition) is 3. The Labute approximate surface area is 123 Å². The lowest BCUT2D eigenvalue weighted by molar-refractivity contribution is -0.486. The Morgan fingerprint density at radius 3 is 1.45 bits per heavy atom. The molecule has 0 aromatic heterocycles. The van der Waals surface area contributed by atoms with Gasteiger partial charge in [-0.2, -0.15) is 0 Å². The molecule has 0 N–H and O–H groups in total. The van der Waals surface area contributed by atoms with E-state index in [1.807, 2.05) is 13.8 Å². The highest BCUT2D eigenvalue weighted by molar-refractivity contribution is 5.27.